The average molecular weight is 368 g/mol. The highest BCUT2D eigenvalue weighted by Gasteiger charge is 2.33. The normalized spacial score (nSPS) is 18.6. The van der Waals surface area contributed by atoms with Crippen LogP contribution in [0.15, 0.2) is 29.2 Å². The fourth-order valence-corrected chi connectivity index (χ4v) is 4.24. The number of carboxylic acids is 1. The molecule has 0 radical (unpaired) electrons. The SMILES string of the molecule is CC(C)N(C)S(=O)(=O)c1cccc(C(=O)N2CCCCC2C(=O)O)c1. The summed E-state index contributed by atoms with van der Waals surface area (Å²) < 4.78 is 26.4. The van der Waals surface area contributed by atoms with Gasteiger partial charge in [-0.05, 0) is 51.3 Å². The molecule has 0 spiro atoms. The molecule has 7 nitrogen and oxygen atoms in total. The molecule has 1 N–H and O–H groups in total. The maximum absolute atomic E-state index is 12.8. The topological polar surface area (TPSA) is 95.0 Å². The summed E-state index contributed by atoms with van der Waals surface area (Å²) in [4.78, 5) is 25.5. The van der Waals surface area contributed by atoms with Gasteiger partial charge in [0, 0.05) is 25.2 Å². The van der Waals surface area contributed by atoms with Crippen LogP contribution in [0.25, 0.3) is 0 Å². The van der Waals surface area contributed by atoms with Crippen LogP contribution in [0.2, 0.25) is 0 Å². The van der Waals surface area contributed by atoms with Crippen molar-refractivity contribution >= 4 is 21.9 Å². The van der Waals surface area contributed by atoms with Crippen molar-refractivity contribution in [3.8, 4) is 0 Å². The first-order valence-corrected chi connectivity index (χ1v) is 9.72. The van der Waals surface area contributed by atoms with Crippen LogP contribution in [-0.4, -0.2) is 60.3 Å². The largest absolute Gasteiger partial charge is 0.480 e. The Hall–Kier alpha value is -1.93. The zero-order chi connectivity index (χ0) is 18.8. The highest BCUT2D eigenvalue weighted by atomic mass is 32.2. The summed E-state index contributed by atoms with van der Waals surface area (Å²) in [6, 6.07) is 4.71. The molecule has 0 saturated carbocycles. The van der Waals surface area contributed by atoms with Crippen molar-refractivity contribution in [3.05, 3.63) is 29.8 Å². The second-order valence-electron chi connectivity index (χ2n) is 6.49. The molecule has 0 bridgehead atoms. The minimum atomic E-state index is -3.71. The molecule has 138 valence electrons. The fourth-order valence-electron chi connectivity index (χ4n) is 2.83. The van der Waals surface area contributed by atoms with Crippen LogP contribution in [0.4, 0.5) is 0 Å². The van der Waals surface area contributed by atoms with E-state index in [1.54, 1.807) is 13.8 Å². The van der Waals surface area contributed by atoms with Crippen molar-refractivity contribution in [3.63, 3.8) is 0 Å². The predicted octanol–water partition coefficient (Wildman–Crippen LogP) is 1.79. The maximum Gasteiger partial charge on any atom is 0.326 e. The quantitative estimate of drug-likeness (QED) is 0.855. The van der Waals surface area contributed by atoms with E-state index in [2.05, 4.69) is 0 Å². The molecule has 1 aromatic carbocycles. The van der Waals surface area contributed by atoms with Gasteiger partial charge in [-0.15, -0.1) is 0 Å². The average Bonchev–Trinajstić information content (AvgIpc) is 2.60. The number of hydrogen-bond acceptors (Lipinski definition) is 4. The third kappa shape index (κ3) is 4.01. The Morgan fingerprint density at radius 1 is 1.28 bits per heavy atom. The summed E-state index contributed by atoms with van der Waals surface area (Å²) in [5, 5.41) is 9.33. The van der Waals surface area contributed by atoms with Crippen molar-refractivity contribution < 1.29 is 23.1 Å². The van der Waals surface area contributed by atoms with Gasteiger partial charge in [0.2, 0.25) is 10.0 Å². The van der Waals surface area contributed by atoms with Crippen molar-refractivity contribution in [2.24, 2.45) is 0 Å². The molecule has 1 fully saturated rings. The van der Waals surface area contributed by atoms with Gasteiger partial charge in [0.05, 0.1) is 4.90 Å². The Morgan fingerprint density at radius 2 is 1.96 bits per heavy atom. The second kappa shape index (κ2) is 7.53. The molecular weight excluding hydrogens is 344 g/mol. The van der Waals surface area contributed by atoms with Gasteiger partial charge in [-0.25, -0.2) is 13.2 Å². The lowest BCUT2D eigenvalue weighted by molar-refractivity contribution is -0.143. The molecule has 8 heteroatoms. The molecule has 1 aromatic rings. The standard InChI is InChI=1S/C17H24N2O5S/c1-12(2)18(3)25(23,24)14-8-6-7-13(11-14)16(20)19-10-5-4-9-15(19)17(21)22/h6-8,11-12,15H,4-5,9-10H2,1-3H3,(H,21,22). The Bertz CT molecular complexity index is 760. The first-order valence-electron chi connectivity index (χ1n) is 8.28. The molecular formula is C17H24N2O5S. The Kier molecular flexibility index (Phi) is 5.84. The van der Waals surface area contributed by atoms with E-state index in [9.17, 15) is 23.1 Å². The summed E-state index contributed by atoms with van der Waals surface area (Å²) >= 11 is 0. The highest BCUT2D eigenvalue weighted by molar-refractivity contribution is 7.89. The van der Waals surface area contributed by atoms with Gasteiger partial charge in [-0.2, -0.15) is 4.31 Å². The zero-order valence-electron chi connectivity index (χ0n) is 14.7. The number of rotatable bonds is 5. The number of likely N-dealkylation sites (tertiary alicyclic amines) is 1. The Labute approximate surface area is 148 Å². The van der Waals surface area contributed by atoms with Gasteiger partial charge in [-0.1, -0.05) is 6.07 Å². The summed E-state index contributed by atoms with van der Waals surface area (Å²) in [7, 11) is -2.22. The Morgan fingerprint density at radius 3 is 2.56 bits per heavy atom. The van der Waals surface area contributed by atoms with Crippen molar-refractivity contribution in [1.29, 1.82) is 0 Å². The fraction of sp³-hybridized carbons (Fsp3) is 0.529. The van der Waals surface area contributed by atoms with Gasteiger partial charge < -0.3 is 10.0 Å². The van der Waals surface area contributed by atoms with Crippen LogP contribution in [0.1, 0.15) is 43.5 Å². The molecule has 1 atom stereocenters. The number of carbonyl (C=O) groups is 2. The first-order chi connectivity index (χ1) is 11.7. The number of piperidine rings is 1. The minimum Gasteiger partial charge on any atom is -0.480 e. The van der Waals surface area contributed by atoms with Gasteiger partial charge >= 0.3 is 5.97 Å². The number of nitrogens with zero attached hydrogens (tertiary/aromatic N) is 2. The van der Waals surface area contributed by atoms with E-state index >= 15 is 0 Å². The highest BCUT2D eigenvalue weighted by Crippen LogP contribution is 2.22. The van der Waals surface area contributed by atoms with E-state index < -0.39 is 27.9 Å². The molecule has 1 amide bonds. The third-order valence-electron chi connectivity index (χ3n) is 4.53. The minimum absolute atomic E-state index is 0.0263. The van der Waals surface area contributed by atoms with Crippen LogP contribution in [0.5, 0.6) is 0 Å². The van der Waals surface area contributed by atoms with Gasteiger partial charge in [0.25, 0.3) is 5.91 Å². The molecule has 0 aliphatic carbocycles. The lowest BCUT2D eigenvalue weighted by atomic mass is 10.0. The molecule has 1 unspecified atom stereocenters. The second-order valence-corrected chi connectivity index (χ2v) is 8.49. The Balaban J connectivity index is 2.35. The summed E-state index contributed by atoms with van der Waals surface area (Å²) in [5.74, 6) is -1.48. The number of benzene rings is 1. The molecule has 1 aliphatic heterocycles. The lowest BCUT2D eigenvalue weighted by Gasteiger charge is -2.33. The van der Waals surface area contributed by atoms with E-state index in [0.717, 1.165) is 12.8 Å². The van der Waals surface area contributed by atoms with Crippen LogP contribution in [-0.2, 0) is 14.8 Å². The molecule has 1 saturated heterocycles. The molecule has 0 aromatic heterocycles. The molecule has 1 heterocycles. The number of hydrogen-bond donors (Lipinski definition) is 1. The summed E-state index contributed by atoms with van der Waals surface area (Å²) in [6.07, 6.45) is 1.91. The van der Waals surface area contributed by atoms with Crippen LogP contribution in [0.3, 0.4) is 0 Å². The first kappa shape index (κ1) is 19.4. The van der Waals surface area contributed by atoms with Crippen molar-refractivity contribution in [2.75, 3.05) is 13.6 Å². The monoisotopic (exact) mass is 368 g/mol. The molecule has 1 aliphatic rings. The van der Waals surface area contributed by atoms with Gasteiger partial charge in [-0.3, -0.25) is 4.79 Å². The zero-order valence-corrected chi connectivity index (χ0v) is 15.5. The number of carboxylic acid groups (broad SMARTS) is 1. The smallest absolute Gasteiger partial charge is 0.326 e. The number of sulfonamides is 1. The van der Waals surface area contributed by atoms with Gasteiger partial charge in [0.1, 0.15) is 6.04 Å². The molecule has 2 rings (SSSR count). The summed E-state index contributed by atoms with van der Waals surface area (Å²) in [6.45, 7) is 3.88. The predicted molar refractivity (Wildman–Crippen MR) is 92.8 cm³/mol. The van der Waals surface area contributed by atoms with Gasteiger partial charge in [0.15, 0.2) is 0 Å². The van der Waals surface area contributed by atoms with Crippen molar-refractivity contribution in [1.82, 2.24) is 9.21 Å². The van der Waals surface area contributed by atoms with E-state index in [1.165, 1.54) is 40.5 Å². The lowest BCUT2D eigenvalue weighted by Crippen LogP contribution is -2.48. The van der Waals surface area contributed by atoms with Crippen LogP contribution < -0.4 is 0 Å². The van der Waals surface area contributed by atoms with E-state index in [1.807, 2.05) is 0 Å². The number of amides is 1. The van der Waals surface area contributed by atoms with Crippen molar-refractivity contribution in [2.45, 2.75) is 50.1 Å². The van der Waals surface area contributed by atoms with E-state index in [-0.39, 0.29) is 16.5 Å². The maximum atomic E-state index is 12.8. The summed E-state index contributed by atoms with van der Waals surface area (Å²) in [5.41, 5.74) is 0.186. The van der Waals surface area contributed by atoms with Crippen LogP contribution >= 0.6 is 0 Å². The molecule has 25 heavy (non-hydrogen) atoms. The third-order valence-corrected chi connectivity index (χ3v) is 6.56. The van der Waals surface area contributed by atoms with E-state index in [4.69, 9.17) is 0 Å². The van der Waals surface area contributed by atoms with E-state index in [0.29, 0.717) is 13.0 Å². The van der Waals surface area contributed by atoms with Crippen LogP contribution in [0, 0.1) is 0 Å². The number of carbonyl (C=O) groups excluding carboxylic acids is 1. The number of aliphatic carboxylic acids is 1.